The normalized spacial score (nSPS) is 20.9. The van der Waals surface area contributed by atoms with Crippen molar-refractivity contribution in [3.8, 4) is 0 Å². The number of hydrogen-bond acceptors (Lipinski definition) is 5. The molecular weight excluding hydrogens is 542 g/mol. The van der Waals surface area contributed by atoms with Crippen molar-refractivity contribution in [3.05, 3.63) is 71.6 Å². The number of primary amides is 1. The highest BCUT2D eigenvalue weighted by Crippen LogP contribution is 2.42. The molecule has 10 heteroatoms. The molecule has 1 aliphatic carbocycles. The molecule has 0 bridgehead atoms. The Balaban J connectivity index is 1.34. The third-order valence-electron chi connectivity index (χ3n) is 8.59. The van der Waals surface area contributed by atoms with E-state index >= 15 is 0 Å². The van der Waals surface area contributed by atoms with Crippen molar-refractivity contribution in [1.82, 2.24) is 15.1 Å². The number of rotatable bonds is 8. The Morgan fingerprint density at radius 2 is 1.63 bits per heavy atom. The van der Waals surface area contributed by atoms with E-state index in [1.807, 2.05) is 48.5 Å². The number of anilines is 1. The number of likely N-dealkylation sites (tertiary alicyclic amines) is 1. The Kier molecular flexibility index (Phi) is 8.82. The summed E-state index contributed by atoms with van der Waals surface area (Å²) in [6.45, 7) is 0.392. The number of amides is 4. The van der Waals surface area contributed by atoms with Crippen molar-refractivity contribution < 1.29 is 19.2 Å². The van der Waals surface area contributed by atoms with E-state index in [-0.39, 0.29) is 30.3 Å². The van der Waals surface area contributed by atoms with E-state index in [4.69, 9.17) is 17.3 Å². The lowest BCUT2D eigenvalue weighted by Gasteiger charge is -2.44. The van der Waals surface area contributed by atoms with Gasteiger partial charge in [0.2, 0.25) is 11.8 Å². The second-order valence-electron chi connectivity index (χ2n) is 11.2. The van der Waals surface area contributed by atoms with Crippen LogP contribution in [-0.2, 0) is 25.6 Å². The van der Waals surface area contributed by atoms with Crippen molar-refractivity contribution in [2.45, 2.75) is 69.1 Å². The van der Waals surface area contributed by atoms with Gasteiger partial charge in [0, 0.05) is 29.8 Å². The van der Waals surface area contributed by atoms with Crippen LogP contribution >= 0.6 is 11.6 Å². The maximum Gasteiger partial charge on any atom is 0.261 e. The largest absolute Gasteiger partial charge is 0.366 e. The molecule has 2 saturated heterocycles. The number of nitrogens with one attached hydrogen (secondary N) is 1. The van der Waals surface area contributed by atoms with Crippen LogP contribution in [0.15, 0.2) is 54.6 Å². The molecule has 4 amide bonds. The van der Waals surface area contributed by atoms with E-state index in [0.29, 0.717) is 43.1 Å². The molecule has 9 nitrogen and oxygen atoms in total. The molecule has 2 aromatic rings. The minimum Gasteiger partial charge on any atom is -0.366 e. The van der Waals surface area contributed by atoms with Gasteiger partial charge in [-0.05, 0) is 55.9 Å². The van der Waals surface area contributed by atoms with Crippen LogP contribution in [0, 0.1) is 6.42 Å². The molecule has 1 spiro atoms. The Bertz CT molecular complexity index is 1270. The molecule has 0 aromatic heterocycles. The summed E-state index contributed by atoms with van der Waals surface area (Å²) in [5.41, 5.74) is 6.35. The third kappa shape index (κ3) is 6.05. The minimum absolute atomic E-state index is 0.0800. The van der Waals surface area contributed by atoms with Crippen molar-refractivity contribution in [1.29, 1.82) is 0 Å². The third-order valence-corrected chi connectivity index (χ3v) is 8.96. The molecule has 41 heavy (non-hydrogen) atoms. The highest BCUT2D eigenvalue weighted by Gasteiger charge is 2.60. The van der Waals surface area contributed by atoms with Gasteiger partial charge >= 0.3 is 0 Å². The lowest BCUT2D eigenvalue weighted by Crippen LogP contribution is -2.59. The summed E-state index contributed by atoms with van der Waals surface area (Å²) in [5.74, 6) is -1.43. The standard InChI is InChI=1S/C31H37ClN5O4/c32-25-14-8-7-9-22(25)15-16-27(39)35-19-17-31(18-20-35)30(41)36(21-26(38)34-23-10-3-1-4-11-23)29(28(33)40)37(31)24-12-5-2-6-13-24/h2,5-9,12-14,16,23,29H,1,3-4,10-11,15,17-21H2,(H2,33,40)(H,34,38)/t29-/m0/s1. The number of piperidine rings is 1. The lowest BCUT2D eigenvalue weighted by molar-refractivity contribution is -0.141. The van der Waals surface area contributed by atoms with Crippen molar-refractivity contribution in [2.75, 3.05) is 24.5 Å². The van der Waals surface area contributed by atoms with Gasteiger partial charge in [-0.2, -0.15) is 0 Å². The highest BCUT2D eigenvalue weighted by atomic mass is 35.5. The molecule has 5 rings (SSSR count). The molecule has 217 valence electrons. The predicted octanol–water partition coefficient (Wildman–Crippen LogP) is 3.06. The maximum atomic E-state index is 14.2. The molecule has 0 unspecified atom stereocenters. The predicted molar refractivity (Wildman–Crippen MR) is 157 cm³/mol. The van der Waals surface area contributed by atoms with Gasteiger partial charge in [-0.15, -0.1) is 0 Å². The van der Waals surface area contributed by atoms with E-state index in [1.54, 1.807) is 22.3 Å². The first-order valence-corrected chi connectivity index (χ1v) is 14.8. The first-order chi connectivity index (χ1) is 19.8. The van der Waals surface area contributed by atoms with Crippen molar-refractivity contribution in [3.63, 3.8) is 0 Å². The first-order valence-electron chi connectivity index (χ1n) is 14.4. The van der Waals surface area contributed by atoms with Crippen LogP contribution in [0.25, 0.3) is 0 Å². The second kappa shape index (κ2) is 12.5. The summed E-state index contributed by atoms with van der Waals surface area (Å²) in [6.07, 6.45) is 6.62. The van der Waals surface area contributed by atoms with Crippen LogP contribution in [0.1, 0.15) is 50.5 Å². The van der Waals surface area contributed by atoms with Crippen LogP contribution < -0.4 is 16.0 Å². The fraction of sp³-hybridized carbons (Fsp3) is 0.452. The number of nitrogens with two attached hydrogens (primary N) is 1. The highest BCUT2D eigenvalue weighted by molar-refractivity contribution is 6.31. The van der Waals surface area contributed by atoms with Crippen LogP contribution in [0.2, 0.25) is 5.02 Å². The zero-order chi connectivity index (χ0) is 29.0. The Morgan fingerprint density at radius 3 is 2.29 bits per heavy atom. The van der Waals surface area contributed by atoms with Crippen LogP contribution in [0.5, 0.6) is 0 Å². The second-order valence-corrected chi connectivity index (χ2v) is 11.6. The number of hydrogen-bond donors (Lipinski definition) is 2. The zero-order valence-electron chi connectivity index (χ0n) is 23.1. The van der Waals surface area contributed by atoms with Crippen molar-refractivity contribution >= 4 is 40.9 Å². The number of nitrogens with zero attached hydrogens (tertiary/aromatic N) is 3. The maximum absolute atomic E-state index is 14.2. The summed E-state index contributed by atoms with van der Waals surface area (Å²) < 4.78 is 0. The van der Waals surface area contributed by atoms with Gasteiger partial charge < -0.3 is 25.8 Å². The van der Waals surface area contributed by atoms with Gasteiger partial charge in [0.05, 0.1) is 6.42 Å². The molecule has 2 aromatic carbocycles. The van der Waals surface area contributed by atoms with Gasteiger partial charge in [0.15, 0.2) is 6.17 Å². The van der Waals surface area contributed by atoms with Gasteiger partial charge in [0.25, 0.3) is 11.8 Å². The molecule has 2 heterocycles. The average Bonchev–Trinajstić information content (AvgIpc) is 3.21. The number of carbonyl (C=O) groups is 4. The number of carbonyl (C=O) groups excluding carboxylic acids is 4. The summed E-state index contributed by atoms with van der Waals surface area (Å²) >= 11 is 6.25. The number of benzene rings is 2. The van der Waals surface area contributed by atoms with Gasteiger partial charge in [0.1, 0.15) is 12.1 Å². The summed E-state index contributed by atoms with van der Waals surface area (Å²) in [5, 5.41) is 3.66. The fourth-order valence-electron chi connectivity index (χ4n) is 6.49. The van der Waals surface area contributed by atoms with E-state index in [9.17, 15) is 19.2 Å². The molecular formula is C31H37ClN5O4. The van der Waals surface area contributed by atoms with Crippen LogP contribution in [0.3, 0.4) is 0 Å². The molecule has 1 saturated carbocycles. The summed E-state index contributed by atoms with van der Waals surface area (Å²) in [4.78, 5) is 58.2. The molecule has 1 atom stereocenters. The number of para-hydroxylation sites is 1. The van der Waals surface area contributed by atoms with Crippen LogP contribution in [-0.4, -0.2) is 70.8 Å². The Hall–Kier alpha value is -3.59. The zero-order valence-corrected chi connectivity index (χ0v) is 23.9. The smallest absolute Gasteiger partial charge is 0.261 e. The fourth-order valence-corrected chi connectivity index (χ4v) is 6.70. The SMILES string of the molecule is NC(=O)[C@H]1N(CC(=O)NC2CCCCC2)C(=O)C2(CCN(C(=O)[CH]Cc3ccccc3Cl)CC2)N1c1ccccc1. The van der Waals surface area contributed by atoms with E-state index in [1.165, 1.54) is 4.90 Å². The average molecular weight is 579 g/mol. The van der Waals surface area contributed by atoms with E-state index in [0.717, 1.165) is 37.7 Å². The Labute approximate surface area is 246 Å². The topological polar surface area (TPSA) is 116 Å². The van der Waals surface area contributed by atoms with Gasteiger partial charge in [-0.3, -0.25) is 19.2 Å². The summed E-state index contributed by atoms with van der Waals surface area (Å²) in [6, 6.07) is 16.7. The molecule has 3 fully saturated rings. The molecule has 3 N–H and O–H groups in total. The van der Waals surface area contributed by atoms with E-state index in [2.05, 4.69) is 5.32 Å². The summed E-state index contributed by atoms with van der Waals surface area (Å²) in [7, 11) is 0. The molecule has 2 aliphatic heterocycles. The Morgan fingerprint density at radius 1 is 0.976 bits per heavy atom. The van der Waals surface area contributed by atoms with Crippen molar-refractivity contribution in [2.24, 2.45) is 5.73 Å². The first kappa shape index (κ1) is 28.9. The number of halogens is 1. The lowest BCUT2D eigenvalue weighted by atomic mass is 9.85. The van der Waals surface area contributed by atoms with E-state index < -0.39 is 17.6 Å². The van der Waals surface area contributed by atoms with Gasteiger partial charge in [-0.1, -0.05) is 67.3 Å². The van der Waals surface area contributed by atoms with Gasteiger partial charge in [-0.25, -0.2) is 0 Å². The minimum atomic E-state index is -1.11. The molecule has 3 aliphatic rings. The monoisotopic (exact) mass is 578 g/mol. The molecule has 1 radical (unpaired) electrons. The van der Waals surface area contributed by atoms with Crippen LogP contribution in [0.4, 0.5) is 5.69 Å². The quantitative estimate of drug-likeness (QED) is 0.499.